The zero-order valence-corrected chi connectivity index (χ0v) is 13.7. The number of nitrogens with two attached hydrogens (primary N) is 1. The number of anilines is 1. The topological polar surface area (TPSA) is 63.4 Å². The molecule has 5 heteroatoms. The standard InChI is InChI=1S/C15H26N2O2S/c1-13-7-5-8-14(11-13)17(10-6-9-16)20(18,19)12-15(2,3)4/h5,7-8,11H,6,9-10,12,16H2,1-4H3. The predicted octanol–water partition coefficient (Wildman–Crippen LogP) is 2.53. The Morgan fingerprint density at radius 1 is 1.25 bits per heavy atom. The maximum absolute atomic E-state index is 12.6. The molecule has 1 aromatic rings. The Morgan fingerprint density at radius 2 is 1.90 bits per heavy atom. The highest BCUT2D eigenvalue weighted by molar-refractivity contribution is 7.92. The van der Waals surface area contributed by atoms with E-state index in [-0.39, 0.29) is 11.2 Å². The Hall–Kier alpha value is -1.07. The lowest BCUT2D eigenvalue weighted by atomic mass is 10.0. The lowest BCUT2D eigenvalue weighted by Gasteiger charge is -2.28. The minimum absolute atomic E-state index is 0.124. The monoisotopic (exact) mass is 298 g/mol. The number of hydrogen-bond acceptors (Lipinski definition) is 3. The summed E-state index contributed by atoms with van der Waals surface area (Å²) in [6, 6.07) is 7.58. The van der Waals surface area contributed by atoms with Crippen LogP contribution in [-0.2, 0) is 10.0 Å². The molecule has 0 amide bonds. The van der Waals surface area contributed by atoms with E-state index in [0.29, 0.717) is 19.5 Å². The number of aryl methyl sites for hydroxylation is 1. The van der Waals surface area contributed by atoms with Crippen LogP contribution in [0.2, 0.25) is 0 Å². The molecule has 0 aromatic heterocycles. The molecular formula is C15H26N2O2S. The van der Waals surface area contributed by atoms with Crippen molar-refractivity contribution >= 4 is 15.7 Å². The Bertz CT molecular complexity index is 533. The van der Waals surface area contributed by atoms with Crippen molar-refractivity contribution in [2.45, 2.75) is 34.1 Å². The van der Waals surface area contributed by atoms with Crippen molar-refractivity contribution in [1.82, 2.24) is 0 Å². The summed E-state index contributed by atoms with van der Waals surface area (Å²) < 4.78 is 26.8. The van der Waals surface area contributed by atoms with Crippen molar-refractivity contribution in [3.8, 4) is 0 Å². The Labute approximate surface area is 123 Å². The van der Waals surface area contributed by atoms with Crippen LogP contribution in [0.4, 0.5) is 5.69 Å². The molecule has 0 atom stereocenters. The first-order chi connectivity index (χ1) is 9.15. The third kappa shape index (κ3) is 5.13. The van der Waals surface area contributed by atoms with E-state index >= 15 is 0 Å². The molecule has 2 N–H and O–H groups in total. The SMILES string of the molecule is Cc1cccc(N(CCCN)S(=O)(=O)CC(C)(C)C)c1. The fourth-order valence-corrected chi connectivity index (χ4v) is 4.16. The van der Waals surface area contributed by atoms with Crippen LogP contribution in [0.1, 0.15) is 32.8 Å². The highest BCUT2D eigenvalue weighted by Crippen LogP contribution is 2.24. The summed E-state index contributed by atoms with van der Waals surface area (Å²) >= 11 is 0. The molecule has 0 aliphatic heterocycles. The van der Waals surface area contributed by atoms with Gasteiger partial charge in [0.15, 0.2) is 0 Å². The van der Waals surface area contributed by atoms with Crippen LogP contribution in [0, 0.1) is 12.3 Å². The molecule has 0 bridgehead atoms. The van der Waals surface area contributed by atoms with Crippen molar-refractivity contribution in [2.75, 3.05) is 23.1 Å². The third-order valence-electron chi connectivity index (χ3n) is 2.81. The molecule has 0 radical (unpaired) electrons. The van der Waals surface area contributed by atoms with Gasteiger partial charge in [0.25, 0.3) is 0 Å². The van der Waals surface area contributed by atoms with E-state index in [1.807, 2.05) is 52.0 Å². The van der Waals surface area contributed by atoms with Crippen molar-refractivity contribution in [2.24, 2.45) is 11.1 Å². The Balaban J connectivity index is 3.12. The van der Waals surface area contributed by atoms with E-state index in [2.05, 4.69) is 0 Å². The van der Waals surface area contributed by atoms with Gasteiger partial charge >= 0.3 is 0 Å². The Kier molecular flexibility index (Phi) is 5.59. The second-order valence-electron chi connectivity index (χ2n) is 6.37. The molecule has 0 saturated carbocycles. The summed E-state index contributed by atoms with van der Waals surface area (Å²) in [5.41, 5.74) is 7.03. The molecular weight excluding hydrogens is 272 g/mol. The average molecular weight is 298 g/mol. The maximum atomic E-state index is 12.6. The minimum Gasteiger partial charge on any atom is -0.330 e. The molecule has 0 aliphatic rings. The van der Waals surface area contributed by atoms with Crippen LogP contribution in [0.3, 0.4) is 0 Å². The normalized spacial score (nSPS) is 12.4. The molecule has 0 spiro atoms. The number of hydrogen-bond donors (Lipinski definition) is 1. The third-order valence-corrected chi connectivity index (χ3v) is 5.10. The molecule has 0 saturated heterocycles. The van der Waals surface area contributed by atoms with Crippen LogP contribution in [0.15, 0.2) is 24.3 Å². The lowest BCUT2D eigenvalue weighted by molar-refractivity contribution is 0.460. The molecule has 0 aliphatic carbocycles. The molecule has 0 unspecified atom stereocenters. The summed E-state index contributed by atoms with van der Waals surface area (Å²) in [5, 5.41) is 0. The lowest BCUT2D eigenvalue weighted by Crippen LogP contribution is -2.38. The summed E-state index contributed by atoms with van der Waals surface area (Å²) in [7, 11) is -3.34. The molecule has 1 rings (SSSR count). The fourth-order valence-electron chi connectivity index (χ4n) is 2.07. The predicted molar refractivity (Wildman–Crippen MR) is 85.4 cm³/mol. The van der Waals surface area contributed by atoms with Gasteiger partial charge in [-0.25, -0.2) is 8.42 Å². The van der Waals surface area contributed by atoms with E-state index in [1.54, 1.807) is 0 Å². The second-order valence-corrected chi connectivity index (χ2v) is 8.26. The van der Waals surface area contributed by atoms with E-state index in [1.165, 1.54) is 4.31 Å². The molecule has 114 valence electrons. The number of nitrogens with zero attached hydrogens (tertiary/aromatic N) is 1. The molecule has 0 fully saturated rings. The minimum atomic E-state index is -3.34. The smallest absolute Gasteiger partial charge is 0.235 e. The fraction of sp³-hybridized carbons (Fsp3) is 0.600. The van der Waals surface area contributed by atoms with Crippen molar-refractivity contribution in [3.05, 3.63) is 29.8 Å². The van der Waals surface area contributed by atoms with Crippen LogP contribution >= 0.6 is 0 Å². The van der Waals surface area contributed by atoms with Gasteiger partial charge in [-0.2, -0.15) is 0 Å². The van der Waals surface area contributed by atoms with Crippen LogP contribution in [0.25, 0.3) is 0 Å². The van der Waals surface area contributed by atoms with Gasteiger partial charge in [-0.3, -0.25) is 4.31 Å². The van der Waals surface area contributed by atoms with Crippen molar-refractivity contribution in [3.63, 3.8) is 0 Å². The molecule has 20 heavy (non-hydrogen) atoms. The maximum Gasteiger partial charge on any atom is 0.235 e. The van der Waals surface area contributed by atoms with Gasteiger partial charge < -0.3 is 5.73 Å². The van der Waals surface area contributed by atoms with Gasteiger partial charge in [0, 0.05) is 6.54 Å². The van der Waals surface area contributed by atoms with E-state index in [9.17, 15) is 8.42 Å². The van der Waals surface area contributed by atoms with E-state index in [0.717, 1.165) is 11.3 Å². The first-order valence-corrected chi connectivity index (χ1v) is 8.54. The first kappa shape index (κ1) is 17.0. The van der Waals surface area contributed by atoms with Gasteiger partial charge in [-0.15, -0.1) is 0 Å². The summed E-state index contributed by atoms with van der Waals surface area (Å²) in [6.45, 7) is 8.67. The number of rotatable bonds is 6. The number of sulfonamides is 1. The zero-order chi connectivity index (χ0) is 15.4. The van der Waals surface area contributed by atoms with Gasteiger partial charge in [0.1, 0.15) is 0 Å². The zero-order valence-electron chi connectivity index (χ0n) is 12.9. The number of benzene rings is 1. The van der Waals surface area contributed by atoms with E-state index in [4.69, 9.17) is 5.73 Å². The molecule has 1 aromatic carbocycles. The van der Waals surface area contributed by atoms with E-state index < -0.39 is 10.0 Å². The second kappa shape index (κ2) is 6.59. The highest BCUT2D eigenvalue weighted by Gasteiger charge is 2.28. The van der Waals surface area contributed by atoms with Crippen LogP contribution in [-0.4, -0.2) is 27.3 Å². The van der Waals surface area contributed by atoms with Gasteiger partial charge in [0.2, 0.25) is 10.0 Å². The van der Waals surface area contributed by atoms with Gasteiger partial charge in [-0.1, -0.05) is 32.9 Å². The van der Waals surface area contributed by atoms with Crippen LogP contribution in [0.5, 0.6) is 0 Å². The van der Waals surface area contributed by atoms with Gasteiger partial charge in [0.05, 0.1) is 11.4 Å². The van der Waals surface area contributed by atoms with Crippen molar-refractivity contribution in [1.29, 1.82) is 0 Å². The quantitative estimate of drug-likeness (QED) is 0.877. The van der Waals surface area contributed by atoms with Crippen molar-refractivity contribution < 1.29 is 8.42 Å². The molecule has 0 heterocycles. The Morgan fingerprint density at radius 3 is 2.40 bits per heavy atom. The first-order valence-electron chi connectivity index (χ1n) is 6.93. The summed E-state index contributed by atoms with van der Waals surface area (Å²) in [5.74, 6) is 0.124. The highest BCUT2D eigenvalue weighted by atomic mass is 32.2. The van der Waals surface area contributed by atoms with Gasteiger partial charge in [-0.05, 0) is 43.0 Å². The van der Waals surface area contributed by atoms with Crippen LogP contribution < -0.4 is 10.0 Å². The molecule has 4 nitrogen and oxygen atoms in total. The average Bonchev–Trinajstić information content (AvgIpc) is 2.26. The summed E-state index contributed by atoms with van der Waals surface area (Å²) in [4.78, 5) is 0. The summed E-state index contributed by atoms with van der Waals surface area (Å²) in [6.07, 6.45) is 0.650. The largest absolute Gasteiger partial charge is 0.330 e.